The van der Waals surface area contributed by atoms with Gasteiger partial charge in [-0.1, -0.05) is 44.2 Å². The first-order chi connectivity index (χ1) is 10.1. The molecule has 4 nitrogen and oxygen atoms in total. The van der Waals surface area contributed by atoms with Crippen LogP contribution in [0.3, 0.4) is 0 Å². The van der Waals surface area contributed by atoms with Crippen molar-refractivity contribution < 1.29 is 4.79 Å². The lowest BCUT2D eigenvalue weighted by molar-refractivity contribution is 0.0950. The summed E-state index contributed by atoms with van der Waals surface area (Å²) in [7, 11) is 1.80. The molecule has 2 N–H and O–H groups in total. The highest BCUT2D eigenvalue weighted by Crippen LogP contribution is 2.17. The number of amides is 1. The fraction of sp³-hybridized carbons (Fsp3) is 0.294. The summed E-state index contributed by atoms with van der Waals surface area (Å²) in [6.45, 7) is 4.65. The third-order valence-electron chi connectivity index (χ3n) is 3.25. The number of rotatable bonds is 5. The van der Waals surface area contributed by atoms with Crippen molar-refractivity contribution in [3.05, 3.63) is 59.3 Å². The summed E-state index contributed by atoms with van der Waals surface area (Å²) in [6.07, 6.45) is 0. The molecule has 0 aliphatic heterocycles. The van der Waals surface area contributed by atoms with E-state index in [4.69, 9.17) is 0 Å². The Balaban J connectivity index is 2.13. The zero-order valence-corrected chi connectivity index (χ0v) is 12.7. The van der Waals surface area contributed by atoms with Crippen molar-refractivity contribution in [2.75, 3.05) is 12.4 Å². The molecule has 0 saturated carbocycles. The van der Waals surface area contributed by atoms with Crippen LogP contribution in [0.15, 0.2) is 42.5 Å². The van der Waals surface area contributed by atoms with Gasteiger partial charge in [0.15, 0.2) is 0 Å². The molecule has 0 saturated heterocycles. The Hall–Kier alpha value is -2.36. The first kappa shape index (κ1) is 15.0. The van der Waals surface area contributed by atoms with E-state index in [0.29, 0.717) is 17.9 Å². The second-order valence-corrected chi connectivity index (χ2v) is 5.24. The third kappa shape index (κ3) is 4.05. The second-order valence-electron chi connectivity index (χ2n) is 5.24. The molecule has 0 aliphatic carbocycles. The lowest BCUT2D eigenvalue weighted by Crippen LogP contribution is -2.23. The molecule has 0 bridgehead atoms. The van der Waals surface area contributed by atoms with E-state index < -0.39 is 0 Å². The second kappa shape index (κ2) is 6.88. The number of anilines is 1. The highest BCUT2D eigenvalue weighted by atomic mass is 16.1. The van der Waals surface area contributed by atoms with E-state index in [2.05, 4.69) is 29.5 Å². The zero-order valence-electron chi connectivity index (χ0n) is 12.7. The van der Waals surface area contributed by atoms with Gasteiger partial charge in [0.05, 0.1) is 0 Å². The van der Waals surface area contributed by atoms with Crippen LogP contribution in [0.4, 0.5) is 5.82 Å². The molecule has 0 fully saturated rings. The van der Waals surface area contributed by atoms with E-state index in [1.807, 2.05) is 36.4 Å². The smallest absolute Gasteiger partial charge is 0.251 e. The van der Waals surface area contributed by atoms with Crippen LogP contribution in [0.1, 0.15) is 41.4 Å². The molecular weight excluding hydrogens is 262 g/mol. The average molecular weight is 283 g/mol. The largest absolute Gasteiger partial charge is 0.373 e. The Kier molecular flexibility index (Phi) is 4.93. The van der Waals surface area contributed by atoms with Crippen molar-refractivity contribution in [1.29, 1.82) is 0 Å². The first-order valence-corrected chi connectivity index (χ1v) is 7.12. The van der Waals surface area contributed by atoms with Crippen LogP contribution in [-0.2, 0) is 6.54 Å². The molecule has 0 aliphatic rings. The van der Waals surface area contributed by atoms with E-state index in [1.165, 1.54) is 0 Å². The summed E-state index contributed by atoms with van der Waals surface area (Å²) >= 11 is 0. The van der Waals surface area contributed by atoms with Gasteiger partial charge in [-0.25, -0.2) is 4.98 Å². The lowest BCUT2D eigenvalue weighted by Gasteiger charge is -2.11. The van der Waals surface area contributed by atoms with Gasteiger partial charge in [-0.05, 0) is 23.6 Å². The molecule has 0 spiro atoms. The molecule has 0 unspecified atom stereocenters. The molecule has 2 rings (SSSR count). The highest BCUT2D eigenvalue weighted by Gasteiger charge is 2.11. The number of nitrogens with one attached hydrogen (secondary N) is 2. The molecule has 0 radical (unpaired) electrons. The average Bonchev–Trinajstić information content (AvgIpc) is 2.53. The van der Waals surface area contributed by atoms with Crippen LogP contribution >= 0.6 is 0 Å². The van der Waals surface area contributed by atoms with Crippen LogP contribution in [0, 0.1) is 0 Å². The van der Waals surface area contributed by atoms with Crippen LogP contribution < -0.4 is 10.6 Å². The van der Waals surface area contributed by atoms with E-state index in [9.17, 15) is 4.79 Å². The fourth-order valence-corrected chi connectivity index (χ4v) is 1.99. The van der Waals surface area contributed by atoms with Gasteiger partial charge in [0, 0.05) is 24.8 Å². The predicted octanol–water partition coefficient (Wildman–Crippen LogP) is 3.18. The van der Waals surface area contributed by atoms with Crippen LogP contribution in [0.2, 0.25) is 0 Å². The topological polar surface area (TPSA) is 54.0 Å². The zero-order chi connectivity index (χ0) is 15.2. The molecule has 2 aromatic rings. The summed E-state index contributed by atoms with van der Waals surface area (Å²) in [5, 5.41) is 5.94. The molecule has 1 aromatic heterocycles. The van der Waals surface area contributed by atoms with Crippen LogP contribution in [0.25, 0.3) is 0 Å². The van der Waals surface area contributed by atoms with Crippen molar-refractivity contribution in [1.82, 2.24) is 10.3 Å². The highest BCUT2D eigenvalue weighted by molar-refractivity contribution is 5.95. The molecule has 21 heavy (non-hydrogen) atoms. The van der Waals surface area contributed by atoms with Gasteiger partial charge >= 0.3 is 0 Å². The molecule has 4 heteroatoms. The maximum Gasteiger partial charge on any atom is 0.251 e. The van der Waals surface area contributed by atoms with Crippen molar-refractivity contribution in [2.45, 2.75) is 26.3 Å². The minimum absolute atomic E-state index is 0.0837. The molecule has 1 amide bonds. The van der Waals surface area contributed by atoms with Gasteiger partial charge in [-0.2, -0.15) is 0 Å². The Morgan fingerprint density at radius 2 is 1.90 bits per heavy atom. The van der Waals surface area contributed by atoms with Crippen molar-refractivity contribution in [2.24, 2.45) is 0 Å². The standard InChI is InChI=1S/C17H21N3O/c1-12(2)15-9-14(10-16(18-3)20-15)17(21)19-11-13-7-5-4-6-8-13/h4-10,12H,11H2,1-3H3,(H,18,20)(H,19,21). The van der Waals surface area contributed by atoms with Crippen molar-refractivity contribution in [3.8, 4) is 0 Å². The molecule has 1 heterocycles. The molecule has 110 valence electrons. The maximum atomic E-state index is 12.3. The predicted molar refractivity (Wildman–Crippen MR) is 85.5 cm³/mol. The quantitative estimate of drug-likeness (QED) is 0.886. The van der Waals surface area contributed by atoms with Gasteiger partial charge in [0.25, 0.3) is 5.91 Å². The normalized spacial score (nSPS) is 10.5. The summed E-state index contributed by atoms with van der Waals surface area (Å²) in [6, 6.07) is 13.5. The van der Waals surface area contributed by atoms with Gasteiger partial charge in [-0.15, -0.1) is 0 Å². The molecule has 1 aromatic carbocycles. The summed E-state index contributed by atoms with van der Waals surface area (Å²) in [5.74, 6) is 0.907. The van der Waals surface area contributed by atoms with Gasteiger partial charge < -0.3 is 10.6 Å². The summed E-state index contributed by atoms with van der Waals surface area (Å²) < 4.78 is 0. The number of carbonyl (C=O) groups is 1. The fourth-order valence-electron chi connectivity index (χ4n) is 1.99. The number of carbonyl (C=O) groups excluding carboxylic acids is 1. The van der Waals surface area contributed by atoms with Crippen molar-refractivity contribution in [3.63, 3.8) is 0 Å². The number of aromatic nitrogens is 1. The van der Waals surface area contributed by atoms with Crippen LogP contribution in [-0.4, -0.2) is 17.9 Å². The lowest BCUT2D eigenvalue weighted by atomic mass is 10.1. The van der Waals surface area contributed by atoms with E-state index >= 15 is 0 Å². The number of nitrogens with zero attached hydrogens (tertiary/aromatic N) is 1. The monoisotopic (exact) mass is 283 g/mol. The van der Waals surface area contributed by atoms with Gasteiger partial charge in [0.1, 0.15) is 5.82 Å². The van der Waals surface area contributed by atoms with E-state index in [0.717, 1.165) is 11.3 Å². The minimum Gasteiger partial charge on any atom is -0.373 e. The summed E-state index contributed by atoms with van der Waals surface area (Å²) in [5.41, 5.74) is 2.62. The number of hydrogen-bond donors (Lipinski definition) is 2. The molecular formula is C17H21N3O. The number of pyridine rings is 1. The van der Waals surface area contributed by atoms with E-state index in [1.54, 1.807) is 13.1 Å². The van der Waals surface area contributed by atoms with Gasteiger partial charge in [0.2, 0.25) is 0 Å². The molecule has 0 atom stereocenters. The van der Waals surface area contributed by atoms with E-state index in [-0.39, 0.29) is 11.8 Å². The Morgan fingerprint density at radius 1 is 1.19 bits per heavy atom. The number of hydrogen-bond acceptors (Lipinski definition) is 3. The summed E-state index contributed by atoms with van der Waals surface area (Å²) in [4.78, 5) is 16.8. The Morgan fingerprint density at radius 3 is 2.52 bits per heavy atom. The Bertz CT molecular complexity index is 609. The van der Waals surface area contributed by atoms with Crippen molar-refractivity contribution >= 4 is 11.7 Å². The van der Waals surface area contributed by atoms with Crippen LogP contribution in [0.5, 0.6) is 0 Å². The first-order valence-electron chi connectivity index (χ1n) is 7.12. The SMILES string of the molecule is CNc1cc(C(=O)NCc2ccccc2)cc(C(C)C)n1. The third-order valence-corrected chi connectivity index (χ3v) is 3.25. The number of benzene rings is 1. The minimum atomic E-state index is -0.0837. The maximum absolute atomic E-state index is 12.3. The Labute approximate surface area is 125 Å². The van der Waals surface area contributed by atoms with Gasteiger partial charge in [-0.3, -0.25) is 4.79 Å².